The molecule has 0 aliphatic heterocycles. The second kappa shape index (κ2) is 7.65. The summed E-state index contributed by atoms with van der Waals surface area (Å²) >= 11 is 0. The van der Waals surface area contributed by atoms with Gasteiger partial charge >= 0.3 is 11.9 Å². The van der Waals surface area contributed by atoms with E-state index in [-0.39, 0.29) is 0 Å². The van der Waals surface area contributed by atoms with E-state index in [0.29, 0.717) is 6.42 Å². The maximum Gasteiger partial charge on any atom is 0.333 e. The SMILES string of the molecule is C=CC(=O)OC(C)(CCCCC)OC(=O)C=C. The molecule has 0 N–H and O–H groups in total. The Morgan fingerprint density at radius 3 is 1.94 bits per heavy atom. The molecule has 0 aliphatic rings. The Labute approximate surface area is 102 Å². The Hall–Kier alpha value is -1.58. The first kappa shape index (κ1) is 15.4. The van der Waals surface area contributed by atoms with Crippen molar-refractivity contribution in [3.63, 3.8) is 0 Å². The fourth-order valence-corrected chi connectivity index (χ4v) is 1.33. The molecule has 0 unspecified atom stereocenters. The van der Waals surface area contributed by atoms with Crippen LogP contribution in [0.3, 0.4) is 0 Å². The number of esters is 2. The number of hydrogen-bond acceptors (Lipinski definition) is 4. The Balaban J connectivity index is 4.54. The van der Waals surface area contributed by atoms with E-state index < -0.39 is 17.7 Å². The smallest absolute Gasteiger partial charge is 0.333 e. The van der Waals surface area contributed by atoms with E-state index in [1.807, 2.05) is 0 Å². The van der Waals surface area contributed by atoms with Gasteiger partial charge in [-0.1, -0.05) is 32.9 Å². The second-order valence-corrected chi connectivity index (χ2v) is 3.84. The van der Waals surface area contributed by atoms with Gasteiger partial charge < -0.3 is 9.47 Å². The molecule has 0 aromatic carbocycles. The van der Waals surface area contributed by atoms with Gasteiger partial charge in [0.15, 0.2) is 0 Å². The molecule has 0 atom stereocenters. The third kappa shape index (κ3) is 6.56. The zero-order chi connectivity index (χ0) is 13.3. The van der Waals surface area contributed by atoms with Crippen LogP contribution < -0.4 is 0 Å². The fourth-order valence-electron chi connectivity index (χ4n) is 1.33. The number of carbonyl (C=O) groups excluding carboxylic acids is 2. The minimum Gasteiger partial charge on any atom is -0.420 e. The summed E-state index contributed by atoms with van der Waals surface area (Å²) < 4.78 is 10.1. The fraction of sp³-hybridized carbons (Fsp3) is 0.538. The molecule has 96 valence electrons. The van der Waals surface area contributed by atoms with Crippen molar-refractivity contribution in [1.29, 1.82) is 0 Å². The highest BCUT2D eigenvalue weighted by Crippen LogP contribution is 2.22. The molecule has 4 nitrogen and oxygen atoms in total. The van der Waals surface area contributed by atoms with E-state index in [1.165, 1.54) is 0 Å². The average molecular weight is 240 g/mol. The average Bonchev–Trinajstić information content (AvgIpc) is 2.28. The van der Waals surface area contributed by atoms with Crippen LogP contribution in [0, 0.1) is 0 Å². The first-order chi connectivity index (χ1) is 7.97. The summed E-state index contributed by atoms with van der Waals surface area (Å²) in [5.41, 5.74) is 0. The number of hydrogen-bond donors (Lipinski definition) is 0. The molecular weight excluding hydrogens is 220 g/mol. The summed E-state index contributed by atoms with van der Waals surface area (Å²) in [5, 5.41) is 0. The summed E-state index contributed by atoms with van der Waals surface area (Å²) in [4.78, 5) is 22.3. The molecule has 0 heterocycles. The lowest BCUT2D eigenvalue weighted by Crippen LogP contribution is -2.36. The van der Waals surface area contributed by atoms with Crippen molar-refractivity contribution in [2.45, 2.75) is 45.3 Å². The van der Waals surface area contributed by atoms with Gasteiger partial charge in [-0.25, -0.2) is 9.59 Å². The quantitative estimate of drug-likeness (QED) is 0.283. The molecule has 0 spiro atoms. The van der Waals surface area contributed by atoms with Crippen molar-refractivity contribution >= 4 is 11.9 Å². The largest absolute Gasteiger partial charge is 0.420 e. The van der Waals surface area contributed by atoms with Crippen LogP contribution >= 0.6 is 0 Å². The minimum atomic E-state index is -1.24. The van der Waals surface area contributed by atoms with Crippen molar-refractivity contribution in [2.24, 2.45) is 0 Å². The van der Waals surface area contributed by atoms with E-state index in [1.54, 1.807) is 6.92 Å². The molecule has 0 fully saturated rings. The van der Waals surface area contributed by atoms with Crippen LogP contribution in [0.15, 0.2) is 25.3 Å². The summed E-state index contributed by atoms with van der Waals surface area (Å²) in [5.74, 6) is -2.46. The van der Waals surface area contributed by atoms with E-state index in [4.69, 9.17) is 9.47 Å². The van der Waals surface area contributed by atoms with Crippen LogP contribution in [0.1, 0.15) is 39.5 Å². The first-order valence-electron chi connectivity index (χ1n) is 5.68. The molecular formula is C13H20O4. The Kier molecular flexibility index (Phi) is 6.94. The molecule has 0 aliphatic carbocycles. The molecule has 0 aromatic rings. The van der Waals surface area contributed by atoms with Gasteiger partial charge in [0.1, 0.15) is 0 Å². The molecule has 0 aromatic heterocycles. The molecule has 0 amide bonds. The zero-order valence-electron chi connectivity index (χ0n) is 10.5. The van der Waals surface area contributed by atoms with Crippen LogP contribution in [0.5, 0.6) is 0 Å². The van der Waals surface area contributed by atoms with Gasteiger partial charge in [0.2, 0.25) is 0 Å². The van der Waals surface area contributed by atoms with Crippen molar-refractivity contribution in [3.05, 3.63) is 25.3 Å². The highest BCUT2D eigenvalue weighted by molar-refractivity contribution is 5.83. The second-order valence-electron chi connectivity index (χ2n) is 3.84. The Bertz CT molecular complexity index is 272. The van der Waals surface area contributed by atoms with Crippen LogP contribution in [0.4, 0.5) is 0 Å². The number of carbonyl (C=O) groups is 2. The summed E-state index contributed by atoms with van der Waals surface area (Å²) in [6.45, 7) is 10.2. The van der Waals surface area contributed by atoms with Crippen molar-refractivity contribution < 1.29 is 19.1 Å². The van der Waals surface area contributed by atoms with Gasteiger partial charge in [-0.05, 0) is 6.42 Å². The van der Waals surface area contributed by atoms with Crippen LogP contribution in [-0.4, -0.2) is 17.7 Å². The maximum atomic E-state index is 11.2. The zero-order valence-corrected chi connectivity index (χ0v) is 10.5. The van der Waals surface area contributed by atoms with E-state index in [0.717, 1.165) is 31.4 Å². The van der Waals surface area contributed by atoms with E-state index >= 15 is 0 Å². The van der Waals surface area contributed by atoms with Crippen molar-refractivity contribution in [1.82, 2.24) is 0 Å². The molecule has 4 heteroatoms. The topological polar surface area (TPSA) is 52.6 Å². The third-order valence-electron chi connectivity index (χ3n) is 2.20. The van der Waals surface area contributed by atoms with Gasteiger partial charge in [-0.2, -0.15) is 0 Å². The van der Waals surface area contributed by atoms with Crippen molar-refractivity contribution in [2.75, 3.05) is 0 Å². The van der Waals surface area contributed by atoms with Crippen LogP contribution in [-0.2, 0) is 19.1 Å². The molecule has 0 saturated carbocycles. The lowest BCUT2D eigenvalue weighted by atomic mass is 10.1. The Morgan fingerprint density at radius 2 is 1.59 bits per heavy atom. The molecule has 0 bridgehead atoms. The summed E-state index contributed by atoms with van der Waals surface area (Å²) in [7, 11) is 0. The van der Waals surface area contributed by atoms with E-state index in [9.17, 15) is 9.59 Å². The van der Waals surface area contributed by atoms with Gasteiger partial charge in [0.05, 0.1) is 0 Å². The lowest BCUT2D eigenvalue weighted by molar-refractivity contribution is -0.218. The number of unbranched alkanes of at least 4 members (excludes halogenated alkanes) is 2. The third-order valence-corrected chi connectivity index (χ3v) is 2.20. The van der Waals surface area contributed by atoms with Gasteiger partial charge in [-0.3, -0.25) is 0 Å². The van der Waals surface area contributed by atoms with Crippen LogP contribution in [0.2, 0.25) is 0 Å². The predicted molar refractivity (Wildman–Crippen MR) is 65.1 cm³/mol. The maximum absolute atomic E-state index is 11.2. The lowest BCUT2D eigenvalue weighted by Gasteiger charge is -2.28. The summed E-state index contributed by atoms with van der Waals surface area (Å²) in [6.07, 6.45) is 5.36. The monoisotopic (exact) mass is 240 g/mol. The highest BCUT2D eigenvalue weighted by Gasteiger charge is 2.31. The van der Waals surface area contributed by atoms with Gasteiger partial charge in [0.25, 0.3) is 5.79 Å². The van der Waals surface area contributed by atoms with Gasteiger partial charge in [0, 0.05) is 25.5 Å². The highest BCUT2D eigenvalue weighted by atomic mass is 16.7. The van der Waals surface area contributed by atoms with E-state index in [2.05, 4.69) is 20.1 Å². The Morgan fingerprint density at radius 1 is 1.12 bits per heavy atom. The first-order valence-corrected chi connectivity index (χ1v) is 5.68. The van der Waals surface area contributed by atoms with Crippen molar-refractivity contribution in [3.8, 4) is 0 Å². The normalized spacial score (nSPS) is 10.5. The summed E-state index contributed by atoms with van der Waals surface area (Å²) in [6, 6.07) is 0. The van der Waals surface area contributed by atoms with Gasteiger partial charge in [-0.15, -0.1) is 0 Å². The molecule has 0 radical (unpaired) electrons. The molecule has 17 heavy (non-hydrogen) atoms. The number of ether oxygens (including phenoxy) is 2. The predicted octanol–water partition coefficient (Wildman–Crippen LogP) is 2.74. The molecule has 0 saturated heterocycles. The molecule has 0 rings (SSSR count). The van der Waals surface area contributed by atoms with Crippen LogP contribution in [0.25, 0.3) is 0 Å². The minimum absolute atomic E-state index is 0.458. The standard InChI is InChI=1S/C13H20O4/c1-5-8-9-10-13(4,16-11(14)6-2)17-12(15)7-3/h6-7H,2-3,5,8-10H2,1,4H3. The number of rotatable bonds is 8.